The van der Waals surface area contributed by atoms with E-state index in [4.69, 9.17) is 0 Å². The van der Waals surface area contributed by atoms with Crippen LogP contribution in [0.2, 0.25) is 0 Å². The van der Waals surface area contributed by atoms with Gasteiger partial charge in [-0.2, -0.15) is 0 Å². The van der Waals surface area contributed by atoms with Crippen LogP contribution in [0.25, 0.3) is 0 Å². The number of hydrogen-bond acceptors (Lipinski definition) is 10. The molecule has 0 aliphatic rings. The Morgan fingerprint density at radius 1 is 0.789 bits per heavy atom. The maximum atomic E-state index is 9.45. The van der Waals surface area contributed by atoms with Crippen molar-refractivity contribution in [2.75, 3.05) is 0 Å². The van der Waals surface area contributed by atoms with E-state index in [1.165, 1.54) is 0 Å². The standard InChI is InChI=1S/C4H10O2.3Na.H2O8S2/c1-4(2,3)6-5;;;;1-9(2,3)7-8-10(4,5)6/h5H,1-3H3;;;;(H,1,2,3)(H,4,5,6)/q;3*+1;/p-3. The molecule has 0 saturated carbocycles. The minimum atomic E-state index is -5.31. The van der Waals surface area contributed by atoms with Gasteiger partial charge in [-0.25, -0.2) is 16.8 Å². The molecule has 0 radical (unpaired) electrons. The third kappa shape index (κ3) is 44.9. The minimum absolute atomic E-state index is 0. The molecule has 0 aromatic carbocycles. The fourth-order valence-electron chi connectivity index (χ4n) is 0.0680. The van der Waals surface area contributed by atoms with Crippen molar-refractivity contribution in [3.8, 4) is 0 Å². The molecule has 0 aliphatic heterocycles. The quantitative estimate of drug-likeness (QED) is 0.157. The summed E-state index contributed by atoms with van der Waals surface area (Å²) in [6.07, 6.45) is 0. The Bertz CT molecular complexity index is 351. The molecule has 0 N–H and O–H groups in total. The zero-order chi connectivity index (χ0) is 13.6. The first-order valence-electron chi connectivity index (χ1n) is 3.37. The molecular weight excluding hydrogens is 341 g/mol. The van der Waals surface area contributed by atoms with E-state index in [1.807, 2.05) is 0 Å². The first-order chi connectivity index (χ1) is 6.77. The van der Waals surface area contributed by atoms with Crippen LogP contribution in [-0.2, 0) is 34.4 Å². The van der Waals surface area contributed by atoms with Gasteiger partial charge < -0.3 is 19.3 Å². The third-order valence-corrected chi connectivity index (χ3v) is 1.00. The Balaban J connectivity index is -0.0000000646. The summed E-state index contributed by atoms with van der Waals surface area (Å²) >= 11 is 0. The summed E-state index contributed by atoms with van der Waals surface area (Å²) in [6.45, 7) is 5.12. The molecule has 0 fully saturated rings. The van der Waals surface area contributed by atoms with E-state index in [1.54, 1.807) is 20.8 Å². The van der Waals surface area contributed by atoms with Gasteiger partial charge in [0.05, 0.1) is 0 Å². The summed E-state index contributed by atoms with van der Waals surface area (Å²) in [5, 5.41) is 9.45. The smallest absolute Gasteiger partial charge is 0.724 e. The van der Waals surface area contributed by atoms with Gasteiger partial charge in [-0.15, -0.1) is 8.67 Å². The van der Waals surface area contributed by atoms with Crippen LogP contribution in [0.15, 0.2) is 0 Å². The summed E-state index contributed by atoms with van der Waals surface area (Å²) in [6, 6.07) is 0. The van der Waals surface area contributed by atoms with Gasteiger partial charge >= 0.3 is 88.7 Å². The van der Waals surface area contributed by atoms with Crippen LogP contribution in [0.5, 0.6) is 0 Å². The second kappa shape index (κ2) is 14.3. The van der Waals surface area contributed by atoms with Gasteiger partial charge in [0.15, 0.2) is 0 Å². The van der Waals surface area contributed by atoms with Crippen LogP contribution in [-0.4, -0.2) is 31.5 Å². The predicted molar refractivity (Wildman–Crippen MR) is 42.4 cm³/mol. The Labute approximate surface area is 178 Å². The van der Waals surface area contributed by atoms with Gasteiger partial charge in [0, 0.05) is 5.60 Å². The van der Waals surface area contributed by atoms with Gasteiger partial charge in [-0.3, -0.25) is 0 Å². The zero-order valence-corrected chi connectivity index (χ0v) is 19.0. The van der Waals surface area contributed by atoms with Crippen molar-refractivity contribution in [2.24, 2.45) is 0 Å². The molecule has 0 aliphatic carbocycles. The van der Waals surface area contributed by atoms with Gasteiger partial charge in [0.1, 0.15) is 0 Å². The topological polar surface area (TPSA) is 165 Å². The van der Waals surface area contributed by atoms with E-state index in [0.29, 0.717) is 0 Å². The fourth-order valence-corrected chi connectivity index (χ4v) is 0.612. The normalized spacial score (nSPS) is 10.8. The van der Waals surface area contributed by atoms with Crippen molar-refractivity contribution in [2.45, 2.75) is 26.4 Å². The molecule has 10 nitrogen and oxygen atoms in total. The first kappa shape index (κ1) is 33.3. The largest absolute Gasteiger partial charge is 1.00 e. The molecule has 0 heterocycles. The molecule has 0 aromatic heterocycles. The molecule has 0 unspecified atom stereocenters. The van der Waals surface area contributed by atoms with Crippen molar-refractivity contribution >= 4 is 20.8 Å². The van der Waals surface area contributed by atoms with Gasteiger partial charge in [-0.05, 0) is 20.8 Å². The van der Waals surface area contributed by atoms with Crippen molar-refractivity contribution in [1.82, 2.24) is 0 Å². The van der Waals surface area contributed by atoms with Crippen LogP contribution in [0, 0.1) is 0 Å². The number of rotatable bonds is 3. The Morgan fingerprint density at radius 2 is 0.947 bits per heavy atom. The van der Waals surface area contributed by atoms with Crippen molar-refractivity contribution in [3.63, 3.8) is 0 Å². The van der Waals surface area contributed by atoms with Crippen molar-refractivity contribution in [1.29, 1.82) is 0 Å². The Kier molecular flexibility index (Phi) is 25.0. The van der Waals surface area contributed by atoms with Crippen LogP contribution in [0.3, 0.4) is 0 Å². The van der Waals surface area contributed by atoms with E-state index >= 15 is 0 Å². The summed E-state index contributed by atoms with van der Waals surface area (Å²) in [4.78, 5) is 3.69. The zero-order valence-electron chi connectivity index (χ0n) is 11.4. The van der Waals surface area contributed by atoms with E-state index in [2.05, 4.69) is 13.6 Å². The summed E-state index contributed by atoms with van der Waals surface area (Å²) in [5.74, 6) is 0. The predicted octanol–water partition coefficient (Wildman–Crippen LogP) is -11.1. The molecule has 0 atom stereocenters. The van der Waals surface area contributed by atoms with Crippen LogP contribution < -0.4 is 93.9 Å². The molecule has 100 valence electrons. The molecule has 15 heteroatoms. The van der Waals surface area contributed by atoms with Crippen LogP contribution >= 0.6 is 0 Å². The maximum absolute atomic E-state index is 9.45. The second-order valence-electron chi connectivity index (χ2n) is 3.15. The van der Waals surface area contributed by atoms with Gasteiger partial charge in [-0.1, -0.05) is 0 Å². The molecular formula is C4H9Na3O10S2. The van der Waals surface area contributed by atoms with Gasteiger partial charge in [0.2, 0.25) is 20.8 Å². The van der Waals surface area contributed by atoms with Crippen molar-refractivity contribution in [3.05, 3.63) is 0 Å². The van der Waals surface area contributed by atoms with Crippen LogP contribution in [0.1, 0.15) is 20.8 Å². The van der Waals surface area contributed by atoms with Crippen LogP contribution in [0.4, 0.5) is 0 Å². The SMILES string of the molecule is CC(C)(C)O[O-].O=S(=O)([O-])OOS(=O)(=O)[O-].[Na+].[Na+].[Na+]. The molecule has 19 heavy (non-hydrogen) atoms. The first-order valence-corrected chi connectivity index (χ1v) is 6.04. The van der Waals surface area contributed by atoms with E-state index in [9.17, 15) is 31.2 Å². The van der Waals surface area contributed by atoms with Crippen molar-refractivity contribution < 1.29 is 133 Å². The summed E-state index contributed by atoms with van der Waals surface area (Å²) in [7, 11) is -10.6. The maximum Gasteiger partial charge on any atom is 1.00 e. The Hall–Kier alpha value is 2.66. The minimum Gasteiger partial charge on any atom is -0.724 e. The number of hydrogen-bond donors (Lipinski definition) is 0. The van der Waals surface area contributed by atoms with E-state index < -0.39 is 26.4 Å². The Morgan fingerprint density at radius 3 is 1.00 bits per heavy atom. The molecule has 0 saturated heterocycles. The molecule has 0 rings (SSSR count). The average Bonchev–Trinajstić information content (AvgIpc) is 1.98. The van der Waals surface area contributed by atoms with Gasteiger partial charge in [0.25, 0.3) is 0 Å². The second-order valence-corrected chi connectivity index (χ2v) is 5.05. The van der Waals surface area contributed by atoms with E-state index in [-0.39, 0.29) is 88.7 Å². The summed E-state index contributed by atoms with van der Waals surface area (Å²) in [5.41, 5.74) is -0.514. The third-order valence-electron chi connectivity index (χ3n) is 0.444. The average molecular weight is 350 g/mol. The fraction of sp³-hybridized carbons (Fsp3) is 1.00. The molecule has 0 amide bonds. The van der Waals surface area contributed by atoms with E-state index in [0.717, 1.165) is 0 Å². The molecule has 0 bridgehead atoms. The monoisotopic (exact) mass is 350 g/mol. The molecule has 0 aromatic rings. The summed E-state index contributed by atoms with van der Waals surface area (Å²) < 4.78 is 61.5. The molecule has 0 spiro atoms.